The van der Waals surface area contributed by atoms with Crippen LogP contribution in [0.15, 0.2) is 65.1 Å². The first-order chi connectivity index (χ1) is 14.9. The van der Waals surface area contributed by atoms with Gasteiger partial charge in [0.05, 0.1) is 19.7 Å². The van der Waals surface area contributed by atoms with E-state index in [0.717, 1.165) is 23.0 Å². The summed E-state index contributed by atoms with van der Waals surface area (Å²) in [5, 5.41) is 5.94. The Bertz CT molecular complexity index is 1010. The molecule has 2 N–H and O–H groups in total. The van der Waals surface area contributed by atoms with Crippen LogP contribution >= 0.6 is 0 Å². The van der Waals surface area contributed by atoms with Gasteiger partial charge in [-0.2, -0.15) is 0 Å². The van der Waals surface area contributed by atoms with Gasteiger partial charge in [0.15, 0.2) is 0 Å². The number of aryl methyl sites for hydroxylation is 1. The Morgan fingerprint density at radius 1 is 0.968 bits per heavy atom. The van der Waals surface area contributed by atoms with E-state index >= 15 is 0 Å². The Kier molecular flexibility index (Phi) is 7.32. The van der Waals surface area contributed by atoms with Gasteiger partial charge in [-0.25, -0.2) is 0 Å². The van der Waals surface area contributed by atoms with Crippen molar-refractivity contribution >= 4 is 23.2 Å². The SMILES string of the molecule is CCOc1ccc(NC(=O)c2ccc(NCC(=O)N(C)Cc3ccc(C)o3)cc2)cc1. The van der Waals surface area contributed by atoms with E-state index in [1.165, 1.54) is 0 Å². The molecule has 162 valence electrons. The van der Waals surface area contributed by atoms with Crippen molar-refractivity contribution in [2.45, 2.75) is 20.4 Å². The largest absolute Gasteiger partial charge is 0.494 e. The fraction of sp³-hybridized carbons (Fsp3) is 0.250. The van der Waals surface area contributed by atoms with Crippen LogP contribution in [0.2, 0.25) is 0 Å². The summed E-state index contributed by atoms with van der Waals surface area (Å²) in [7, 11) is 1.73. The third-order valence-corrected chi connectivity index (χ3v) is 4.63. The van der Waals surface area contributed by atoms with Crippen molar-refractivity contribution in [1.82, 2.24) is 4.90 Å². The molecule has 0 unspecified atom stereocenters. The minimum atomic E-state index is -0.208. The van der Waals surface area contributed by atoms with Crippen LogP contribution in [0.4, 0.5) is 11.4 Å². The number of furan rings is 1. The molecular formula is C24H27N3O4. The number of carbonyl (C=O) groups is 2. The van der Waals surface area contributed by atoms with Crippen LogP contribution in [-0.4, -0.2) is 36.9 Å². The monoisotopic (exact) mass is 421 g/mol. The molecule has 3 rings (SSSR count). The van der Waals surface area contributed by atoms with Crippen molar-refractivity contribution in [1.29, 1.82) is 0 Å². The van der Waals surface area contributed by atoms with Crippen molar-refractivity contribution in [3.63, 3.8) is 0 Å². The van der Waals surface area contributed by atoms with Crippen molar-refractivity contribution in [2.24, 2.45) is 0 Å². The van der Waals surface area contributed by atoms with Gasteiger partial charge in [-0.15, -0.1) is 0 Å². The van der Waals surface area contributed by atoms with E-state index < -0.39 is 0 Å². The molecule has 0 spiro atoms. The first kappa shape index (κ1) is 22.0. The first-order valence-electron chi connectivity index (χ1n) is 10.1. The second kappa shape index (κ2) is 10.3. The second-order valence-corrected chi connectivity index (χ2v) is 7.10. The zero-order valence-electron chi connectivity index (χ0n) is 18.0. The van der Waals surface area contributed by atoms with Gasteiger partial charge in [0, 0.05) is 24.0 Å². The highest BCUT2D eigenvalue weighted by Crippen LogP contribution is 2.17. The second-order valence-electron chi connectivity index (χ2n) is 7.10. The van der Waals surface area contributed by atoms with Crippen LogP contribution in [-0.2, 0) is 11.3 Å². The topological polar surface area (TPSA) is 83.8 Å². The zero-order valence-corrected chi connectivity index (χ0v) is 18.0. The maximum absolute atomic E-state index is 12.4. The standard InChI is InChI=1S/C24H27N3O4/c1-4-30-21-13-10-20(11-14-21)26-24(29)18-6-8-19(9-7-18)25-15-23(28)27(3)16-22-12-5-17(2)31-22/h5-14,25H,4,15-16H2,1-3H3,(H,26,29). The van der Waals surface area contributed by atoms with E-state index in [2.05, 4.69) is 10.6 Å². The third-order valence-electron chi connectivity index (χ3n) is 4.63. The first-order valence-corrected chi connectivity index (χ1v) is 10.1. The van der Waals surface area contributed by atoms with Crippen LogP contribution in [0.5, 0.6) is 5.75 Å². The van der Waals surface area contributed by atoms with Crippen molar-refractivity contribution in [3.05, 3.63) is 77.7 Å². The zero-order chi connectivity index (χ0) is 22.2. The highest BCUT2D eigenvalue weighted by molar-refractivity contribution is 6.04. The molecule has 7 nitrogen and oxygen atoms in total. The molecule has 0 saturated heterocycles. The number of benzene rings is 2. The third kappa shape index (κ3) is 6.37. The molecule has 3 aromatic rings. The van der Waals surface area contributed by atoms with Gasteiger partial charge >= 0.3 is 0 Å². The van der Waals surface area contributed by atoms with Crippen molar-refractivity contribution in [3.8, 4) is 5.75 Å². The Morgan fingerprint density at radius 3 is 2.26 bits per heavy atom. The van der Waals surface area contributed by atoms with Crippen molar-refractivity contribution in [2.75, 3.05) is 30.8 Å². The van der Waals surface area contributed by atoms with Gasteiger partial charge in [-0.05, 0) is 74.5 Å². The number of amides is 2. The Labute approximate surface area is 182 Å². The maximum Gasteiger partial charge on any atom is 0.255 e. The van der Waals surface area contributed by atoms with Crippen LogP contribution in [0, 0.1) is 6.92 Å². The van der Waals surface area contributed by atoms with Crippen LogP contribution in [0.3, 0.4) is 0 Å². The maximum atomic E-state index is 12.4. The van der Waals surface area contributed by atoms with Gasteiger partial charge in [0.25, 0.3) is 5.91 Å². The van der Waals surface area contributed by atoms with E-state index in [1.807, 2.05) is 38.1 Å². The van der Waals surface area contributed by atoms with Gasteiger partial charge in [-0.1, -0.05) is 0 Å². The summed E-state index contributed by atoms with van der Waals surface area (Å²) < 4.78 is 10.9. The molecule has 2 aromatic carbocycles. The summed E-state index contributed by atoms with van der Waals surface area (Å²) in [5.74, 6) is 2.05. The predicted molar refractivity (Wildman–Crippen MR) is 120 cm³/mol. The molecule has 0 bridgehead atoms. The lowest BCUT2D eigenvalue weighted by Crippen LogP contribution is -2.31. The van der Waals surface area contributed by atoms with Crippen LogP contribution in [0.1, 0.15) is 28.8 Å². The number of nitrogens with zero attached hydrogens (tertiary/aromatic N) is 1. The number of rotatable bonds is 9. The molecule has 0 aliphatic carbocycles. The molecule has 0 saturated carbocycles. The summed E-state index contributed by atoms with van der Waals surface area (Å²) in [4.78, 5) is 26.4. The molecule has 7 heteroatoms. The molecule has 0 aliphatic heterocycles. The predicted octanol–water partition coefficient (Wildman–Crippen LogP) is 4.31. The normalized spacial score (nSPS) is 10.4. The van der Waals surface area contributed by atoms with Gasteiger partial charge in [-0.3, -0.25) is 9.59 Å². The number of hydrogen-bond donors (Lipinski definition) is 2. The van der Waals surface area contributed by atoms with Gasteiger partial charge in [0.2, 0.25) is 5.91 Å². The average molecular weight is 421 g/mol. The molecule has 0 fully saturated rings. The van der Waals surface area contributed by atoms with E-state index in [-0.39, 0.29) is 18.4 Å². The Hall–Kier alpha value is -3.74. The molecule has 1 aromatic heterocycles. The lowest BCUT2D eigenvalue weighted by Gasteiger charge is -2.16. The summed E-state index contributed by atoms with van der Waals surface area (Å²) in [6.45, 7) is 4.95. The summed E-state index contributed by atoms with van der Waals surface area (Å²) in [6, 6.07) is 17.9. The highest BCUT2D eigenvalue weighted by Gasteiger charge is 2.11. The number of carbonyl (C=O) groups excluding carboxylic acids is 2. The highest BCUT2D eigenvalue weighted by atomic mass is 16.5. The number of hydrogen-bond acceptors (Lipinski definition) is 5. The van der Waals surface area contributed by atoms with Gasteiger partial charge in [0.1, 0.15) is 17.3 Å². The van der Waals surface area contributed by atoms with E-state index in [9.17, 15) is 9.59 Å². The van der Waals surface area contributed by atoms with Crippen LogP contribution in [0.25, 0.3) is 0 Å². The molecule has 0 aliphatic rings. The minimum absolute atomic E-state index is 0.0635. The fourth-order valence-electron chi connectivity index (χ4n) is 2.95. The van der Waals surface area contributed by atoms with Crippen LogP contribution < -0.4 is 15.4 Å². The van der Waals surface area contributed by atoms with Gasteiger partial charge < -0.3 is 24.7 Å². The molecule has 31 heavy (non-hydrogen) atoms. The Morgan fingerprint density at radius 2 is 1.65 bits per heavy atom. The quantitative estimate of drug-likeness (QED) is 0.538. The number of anilines is 2. The van der Waals surface area contributed by atoms with E-state index in [1.54, 1.807) is 48.3 Å². The fourth-order valence-corrected chi connectivity index (χ4v) is 2.95. The molecule has 2 amide bonds. The lowest BCUT2D eigenvalue weighted by atomic mass is 10.2. The summed E-state index contributed by atoms with van der Waals surface area (Å²) in [6.07, 6.45) is 0. The molecule has 0 radical (unpaired) electrons. The summed E-state index contributed by atoms with van der Waals surface area (Å²) in [5.41, 5.74) is 1.97. The average Bonchev–Trinajstić information content (AvgIpc) is 3.18. The van der Waals surface area contributed by atoms with E-state index in [4.69, 9.17) is 9.15 Å². The molecule has 1 heterocycles. The number of likely N-dealkylation sites (N-methyl/N-ethyl adjacent to an activating group) is 1. The number of ether oxygens (including phenoxy) is 1. The minimum Gasteiger partial charge on any atom is -0.494 e. The van der Waals surface area contributed by atoms with E-state index in [0.29, 0.717) is 24.4 Å². The summed E-state index contributed by atoms with van der Waals surface area (Å²) >= 11 is 0. The van der Waals surface area contributed by atoms with Crippen molar-refractivity contribution < 1.29 is 18.7 Å². The smallest absolute Gasteiger partial charge is 0.255 e. The molecule has 0 atom stereocenters. The molecular weight excluding hydrogens is 394 g/mol. The number of nitrogens with one attached hydrogen (secondary N) is 2. The lowest BCUT2D eigenvalue weighted by molar-refractivity contribution is -0.128. The Balaban J connectivity index is 1.48.